The van der Waals surface area contributed by atoms with Crippen LogP contribution in [0, 0.1) is 0 Å². The third-order valence-electron chi connectivity index (χ3n) is 4.67. The lowest BCUT2D eigenvalue weighted by Crippen LogP contribution is -2.10. The Morgan fingerprint density at radius 1 is 0.880 bits per heavy atom. The molecule has 122 valence electrons. The van der Waals surface area contributed by atoms with Crippen molar-refractivity contribution in [1.82, 2.24) is 4.98 Å². The maximum atomic E-state index is 5.99. The van der Waals surface area contributed by atoms with Gasteiger partial charge >= 0.3 is 0 Å². The first-order valence-electron chi connectivity index (χ1n) is 8.43. The van der Waals surface area contributed by atoms with Crippen molar-refractivity contribution in [3.63, 3.8) is 0 Å². The van der Waals surface area contributed by atoms with Crippen molar-refractivity contribution >= 4 is 27.4 Å². The number of ether oxygens (including phenoxy) is 2. The Balaban J connectivity index is 1.61. The number of para-hydroxylation sites is 2. The average molecular weight is 327 g/mol. The molecule has 5 rings (SSSR count). The maximum Gasteiger partial charge on any atom is 0.129 e. The summed E-state index contributed by atoms with van der Waals surface area (Å²) < 4.78 is 11.8. The first-order chi connectivity index (χ1) is 12.4. The van der Waals surface area contributed by atoms with Crippen molar-refractivity contribution in [1.29, 1.82) is 0 Å². The van der Waals surface area contributed by atoms with Crippen LogP contribution >= 0.6 is 0 Å². The molecule has 0 amide bonds. The summed E-state index contributed by atoms with van der Waals surface area (Å²) in [6.45, 7) is 1.10. The second-order valence-electron chi connectivity index (χ2n) is 6.17. The molecule has 25 heavy (non-hydrogen) atoms. The Morgan fingerprint density at radius 2 is 1.72 bits per heavy atom. The molecule has 1 aliphatic heterocycles. The second-order valence-corrected chi connectivity index (χ2v) is 6.17. The summed E-state index contributed by atoms with van der Waals surface area (Å²) in [6, 6.07) is 22.5. The fourth-order valence-corrected chi connectivity index (χ4v) is 3.48. The summed E-state index contributed by atoms with van der Waals surface area (Å²) in [7, 11) is 0. The topological polar surface area (TPSA) is 34.2 Å². The minimum Gasteiger partial charge on any atom is -0.489 e. The molecule has 2 heterocycles. The molecular weight excluding hydrogens is 310 g/mol. The molecule has 0 bridgehead atoms. The first kappa shape index (κ1) is 14.2. The summed E-state index contributed by atoms with van der Waals surface area (Å²) in [5.41, 5.74) is 4.51. The van der Waals surface area contributed by atoms with E-state index in [1.54, 1.807) is 0 Å². The van der Waals surface area contributed by atoms with E-state index in [1.165, 1.54) is 10.8 Å². The van der Waals surface area contributed by atoms with E-state index in [9.17, 15) is 0 Å². The van der Waals surface area contributed by atoms with Gasteiger partial charge in [-0.3, -0.25) is 0 Å². The van der Waals surface area contributed by atoms with E-state index in [2.05, 4.69) is 47.5 Å². The molecule has 0 radical (unpaired) electrons. The van der Waals surface area contributed by atoms with Crippen LogP contribution in [0.5, 0.6) is 11.5 Å². The summed E-state index contributed by atoms with van der Waals surface area (Å²) in [4.78, 5) is 3.56. The standard InChI is InChI=1S/C22H17NO2/c1-2-6-16(7-3-1)25-14-15-12-13-24-20-11-10-18-17-8-4-5-9-19(17)23-22(18)21(15)20/h1-12,23H,13-14H2. The fourth-order valence-electron chi connectivity index (χ4n) is 3.48. The normalized spacial score (nSPS) is 13.4. The van der Waals surface area contributed by atoms with E-state index in [1.807, 2.05) is 30.3 Å². The summed E-state index contributed by atoms with van der Waals surface area (Å²) in [5.74, 6) is 1.79. The number of H-pyrrole nitrogens is 1. The predicted octanol–water partition coefficient (Wildman–Crippen LogP) is 5.18. The number of rotatable bonds is 3. The lowest BCUT2D eigenvalue weighted by atomic mass is 9.99. The van der Waals surface area contributed by atoms with Gasteiger partial charge in [0.1, 0.15) is 24.7 Å². The van der Waals surface area contributed by atoms with Gasteiger partial charge in [0.15, 0.2) is 0 Å². The predicted molar refractivity (Wildman–Crippen MR) is 101 cm³/mol. The highest BCUT2D eigenvalue weighted by Gasteiger charge is 2.20. The molecule has 1 aromatic heterocycles. The molecule has 1 N–H and O–H groups in total. The van der Waals surface area contributed by atoms with Crippen LogP contribution < -0.4 is 9.47 Å². The number of aromatic amines is 1. The highest BCUT2D eigenvalue weighted by molar-refractivity contribution is 6.11. The minimum absolute atomic E-state index is 0.523. The third-order valence-corrected chi connectivity index (χ3v) is 4.67. The molecule has 0 unspecified atom stereocenters. The Hall–Kier alpha value is -3.20. The molecule has 0 atom stereocenters. The quantitative estimate of drug-likeness (QED) is 0.563. The van der Waals surface area contributed by atoms with E-state index in [-0.39, 0.29) is 0 Å². The van der Waals surface area contributed by atoms with Gasteiger partial charge in [0.2, 0.25) is 0 Å². The van der Waals surface area contributed by atoms with Crippen LogP contribution in [0.2, 0.25) is 0 Å². The average Bonchev–Trinajstić information content (AvgIpc) is 3.06. The van der Waals surface area contributed by atoms with Crippen LogP contribution in [-0.2, 0) is 0 Å². The van der Waals surface area contributed by atoms with Gasteiger partial charge in [-0.1, -0.05) is 36.4 Å². The van der Waals surface area contributed by atoms with Crippen LogP contribution in [0.4, 0.5) is 0 Å². The Bertz CT molecular complexity index is 1090. The van der Waals surface area contributed by atoms with Crippen LogP contribution in [-0.4, -0.2) is 18.2 Å². The van der Waals surface area contributed by atoms with Crippen molar-refractivity contribution in [3.8, 4) is 11.5 Å². The monoisotopic (exact) mass is 327 g/mol. The van der Waals surface area contributed by atoms with Crippen LogP contribution in [0.3, 0.4) is 0 Å². The van der Waals surface area contributed by atoms with E-state index >= 15 is 0 Å². The van der Waals surface area contributed by atoms with Crippen molar-refractivity contribution in [3.05, 3.63) is 78.4 Å². The summed E-state index contributed by atoms with van der Waals surface area (Å²) in [5, 5.41) is 2.44. The lowest BCUT2D eigenvalue weighted by Gasteiger charge is -2.20. The van der Waals surface area contributed by atoms with Crippen LogP contribution in [0.25, 0.3) is 27.4 Å². The minimum atomic E-state index is 0.523. The smallest absolute Gasteiger partial charge is 0.129 e. The molecule has 1 aliphatic rings. The number of nitrogens with one attached hydrogen (secondary N) is 1. The molecule has 4 aromatic rings. The van der Waals surface area contributed by atoms with Gasteiger partial charge in [0.25, 0.3) is 0 Å². The van der Waals surface area contributed by atoms with Gasteiger partial charge in [-0.2, -0.15) is 0 Å². The van der Waals surface area contributed by atoms with Gasteiger partial charge in [-0.15, -0.1) is 0 Å². The maximum absolute atomic E-state index is 5.99. The number of aromatic nitrogens is 1. The van der Waals surface area contributed by atoms with Gasteiger partial charge < -0.3 is 14.5 Å². The number of benzene rings is 3. The van der Waals surface area contributed by atoms with E-state index in [0.29, 0.717) is 13.2 Å². The van der Waals surface area contributed by atoms with Crippen molar-refractivity contribution < 1.29 is 9.47 Å². The van der Waals surface area contributed by atoms with E-state index in [4.69, 9.17) is 9.47 Å². The molecular formula is C22H17NO2. The molecule has 3 aromatic carbocycles. The molecule has 0 spiro atoms. The first-order valence-corrected chi connectivity index (χ1v) is 8.43. The van der Waals surface area contributed by atoms with Crippen molar-refractivity contribution in [2.75, 3.05) is 13.2 Å². The highest BCUT2D eigenvalue weighted by atomic mass is 16.5. The molecule has 0 aliphatic carbocycles. The third kappa shape index (κ3) is 2.36. The number of hydrogen-bond acceptors (Lipinski definition) is 2. The van der Waals surface area contributed by atoms with Crippen LogP contribution in [0.1, 0.15) is 5.56 Å². The van der Waals surface area contributed by atoms with Gasteiger partial charge in [0, 0.05) is 27.4 Å². The van der Waals surface area contributed by atoms with E-state index in [0.717, 1.165) is 33.7 Å². The Labute approximate surface area is 145 Å². The van der Waals surface area contributed by atoms with Gasteiger partial charge in [0.05, 0.1) is 5.52 Å². The summed E-state index contributed by atoms with van der Waals surface area (Å²) >= 11 is 0. The van der Waals surface area contributed by atoms with E-state index < -0.39 is 0 Å². The zero-order valence-corrected chi connectivity index (χ0v) is 13.7. The van der Waals surface area contributed by atoms with Crippen LogP contribution in [0.15, 0.2) is 72.8 Å². The highest BCUT2D eigenvalue weighted by Crippen LogP contribution is 2.38. The number of hydrogen-bond donors (Lipinski definition) is 1. The zero-order chi connectivity index (χ0) is 16.6. The second kappa shape index (κ2) is 5.71. The van der Waals surface area contributed by atoms with Gasteiger partial charge in [-0.25, -0.2) is 0 Å². The Morgan fingerprint density at radius 3 is 2.64 bits per heavy atom. The molecule has 0 saturated heterocycles. The molecule has 0 saturated carbocycles. The molecule has 3 nitrogen and oxygen atoms in total. The Kier molecular flexibility index (Phi) is 3.23. The van der Waals surface area contributed by atoms with Crippen molar-refractivity contribution in [2.24, 2.45) is 0 Å². The molecule has 3 heteroatoms. The lowest BCUT2D eigenvalue weighted by molar-refractivity contribution is 0.343. The molecule has 0 fully saturated rings. The number of fused-ring (bicyclic) bond motifs is 5. The zero-order valence-electron chi connectivity index (χ0n) is 13.7. The van der Waals surface area contributed by atoms with Gasteiger partial charge in [-0.05, 0) is 36.4 Å². The SMILES string of the molecule is C1=C(COc2ccccc2)c2c(ccc3c2[nH]c2ccccc23)OC1. The largest absolute Gasteiger partial charge is 0.489 e. The fraction of sp³-hybridized carbons (Fsp3) is 0.0909. The van der Waals surface area contributed by atoms with Crippen molar-refractivity contribution in [2.45, 2.75) is 0 Å². The summed E-state index contributed by atoms with van der Waals surface area (Å²) in [6.07, 6.45) is 2.11.